The molecule has 10 nitrogen and oxygen atoms in total. The number of hydrogen-bond acceptors (Lipinski definition) is 8. The number of hydrogen-bond donors (Lipinski definition) is 4. The van der Waals surface area contributed by atoms with Gasteiger partial charge in [0.15, 0.2) is 6.29 Å². The van der Waals surface area contributed by atoms with Crippen LogP contribution in [0.2, 0.25) is 0 Å². The van der Waals surface area contributed by atoms with Crippen molar-refractivity contribution in [2.24, 2.45) is 0 Å². The first-order chi connectivity index (χ1) is 21.4. The molecule has 4 atom stereocenters. The number of β-amino-alcohol motifs (C(OH)–C–C–N with tert-alkyl or cyclic N) is 1. The number of aliphatic hydroxyl groups excluding tert-OH is 2. The number of likely N-dealkylation sites (tertiary alicyclic amines) is 1. The van der Waals surface area contributed by atoms with E-state index < -0.39 is 18.3 Å². The molecular formula is C34H41N3O7. The predicted octanol–water partition coefficient (Wildman–Crippen LogP) is 3.82. The summed E-state index contributed by atoms with van der Waals surface area (Å²) in [5.74, 6) is -0.480. The number of carbonyl (C=O) groups is 2. The molecule has 2 aliphatic rings. The smallest absolute Gasteiger partial charge is 0.325 e. The summed E-state index contributed by atoms with van der Waals surface area (Å²) in [5, 5.41) is 24.7. The number of nitrogens with zero attached hydrogens (tertiary/aromatic N) is 1. The van der Waals surface area contributed by atoms with Crippen molar-refractivity contribution in [1.29, 1.82) is 0 Å². The first kappa shape index (κ1) is 31.6. The molecule has 3 aromatic carbocycles. The van der Waals surface area contributed by atoms with Crippen LogP contribution in [0.25, 0.3) is 11.1 Å². The summed E-state index contributed by atoms with van der Waals surface area (Å²) in [6, 6.07) is 23.4. The minimum atomic E-state index is -0.554. The van der Waals surface area contributed by atoms with Gasteiger partial charge in [-0.15, -0.1) is 0 Å². The lowest BCUT2D eigenvalue weighted by Gasteiger charge is -2.37. The lowest BCUT2D eigenvalue weighted by atomic mass is 9.99. The second-order valence-electron chi connectivity index (χ2n) is 11.2. The first-order valence-corrected chi connectivity index (χ1v) is 15.2. The van der Waals surface area contributed by atoms with Crippen LogP contribution in [0.4, 0.5) is 4.79 Å². The molecule has 2 fully saturated rings. The SMILES string of the molecule is CCOC(=O)CNC(=O)NCc1cccc(-c2ccc(C3OC(CN4CCC(O)C4)CC(c4ccc(CO)cc4)O3)cc2)c1. The third-order valence-electron chi connectivity index (χ3n) is 7.92. The van der Waals surface area contributed by atoms with Crippen LogP contribution >= 0.6 is 0 Å². The van der Waals surface area contributed by atoms with Gasteiger partial charge in [-0.1, -0.05) is 66.7 Å². The maximum Gasteiger partial charge on any atom is 0.325 e. The van der Waals surface area contributed by atoms with Gasteiger partial charge in [0.2, 0.25) is 0 Å². The molecule has 0 bridgehead atoms. The highest BCUT2D eigenvalue weighted by atomic mass is 16.7. The Kier molecular flexibility index (Phi) is 11.0. The Morgan fingerprint density at radius 3 is 2.43 bits per heavy atom. The summed E-state index contributed by atoms with van der Waals surface area (Å²) in [6.45, 7) is 4.33. The molecule has 0 radical (unpaired) electrons. The number of nitrogens with one attached hydrogen (secondary N) is 2. The summed E-state index contributed by atoms with van der Waals surface area (Å²) in [4.78, 5) is 25.8. The monoisotopic (exact) mass is 603 g/mol. The fourth-order valence-corrected chi connectivity index (χ4v) is 5.60. The summed E-state index contributed by atoms with van der Waals surface area (Å²) in [5.41, 5.74) is 5.73. The van der Waals surface area contributed by atoms with E-state index in [-0.39, 0.29) is 38.1 Å². The molecule has 2 heterocycles. The Balaban J connectivity index is 1.24. The first-order valence-electron chi connectivity index (χ1n) is 15.2. The highest BCUT2D eigenvalue weighted by Gasteiger charge is 2.34. The van der Waals surface area contributed by atoms with Gasteiger partial charge >= 0.3 is 12.0 Å². The van der Waals surface area contributed by atoms with Crippen molar-refractivity contribution in [3.8, 4) is 11.1 Å². The van der Waals surface area contributed by atoms with Gasteiger partial charge < -0.3 is 35.1 Å². The fourth-order valence-electron chi connectivity index (χ4n) is 5.60. The molecule has 10 heteroatoms. The minimum absolute atomic E-state index is 0.00429. The van der Waals surface area contributed by atoms with E-state index in [1.807, 2.05) is 72.8 Å². The van der Waals surface area contributed by atoms with Gasteiger partial charge in [0, 0.05) is 38.2 Å². The van der Waals surface area contributed by atoms with Gasteiger partial charge in [0.05, 0.1) is 31.5 Å². The maximum absolute atomic E-state index is 12.1. The number of urea groups is 1. The zero-order chi connectivity index (χ0) is 30.9. The molecule has 2 amide bonds. The van der Waals surface area contributed by atoms with Gasteiger partial charge in [0.1, 0.15) is 6.54 Å². The Labute approximate surface area is 257 Å². The maximum atomic E-state index is 12.1. The molecule has 44 heavy (non-hydrogen) atoms. The number of carbonyl (C=O) groups excluding carboxylic acids is 2. The second kappa shape index (κ2) is 15.3. The van der Waals surface area contributed by atoms with Crippen LogP contribution < -0.4 is 10.6 Å². The number of esters is 1. The van der Waals surface area contributed by atoms with Gasteiger partial charge in [-0.3, -0.25) is 9.69 Å². The van der Waals surface area contributed by atoms with E-state index in [9.17, 15) is 19.8 Å². The molecule has 4 unspecified atom stereocenters. The number of rotatable bonds is 11. The van der Waals surface area contributed by atoms with Crippen LogP contribution in [0.3, 0.4) is 0 Å². The van der Waals surface area contributed by atoms with Crippen molar-refractivity contribution >= 4 is 12.0 Å². The third-order valence-corrected chi connectivity index (χ3v) is 7.92. The number of ether oxygens (including phenoxy) is 3. The summed E-state index contributed by atoms with van der Waals surface area (Å²) < 4.78 is 17.8. The van der Waals surface area contributed by atoms with Gasteiger partial charge in [-0.25, -0.2) is 4.79 Å². The van der Waals surface area contributed by atoms with E-state index in [2.05, 4.69) is 15.5 Å². The van der Waals surface area contributed by atoms with E-state index in [1.54, 1.807) is 6.92 Å². The summed E-state index contributed by atoms with van der Waals surface area (Å²) in [6.07, 6.45) is 0.392. The topological polar surface area (TPSA) is 130 Å². The molecule has 0 spiro atoms. The van der Waals surface area contributed by atoms with E-state index >= 15 is 0 Å². The van der Waals surface area contributed by atoms with Crippen molar-refractivity contribution in [1.82, 2.24) is 15.5 Å². The number of amides is 2. The van der Waals surface area contributed by atoms with Crippen molar-refractivity contribution in [2.75, 3.05) is 32.8 Å². The van der Waals surface area contributed by atoms with Crippen LogP contribution in [0, 0.1) is 0 Å². The molecule has 234 valence electrons. The molecule has 2 aliphatic heterocycles. The number of aliphatic hydroxyl groups is 2. The van der Waals surface area contributed by atoms with Gasteiger partial charge in [0.25, 0.3) is 0 Å². The molecule has 4 N–H and O–H groups in total. The molecule has 0 aromatic heterocycles. The van der Waals surface area contributed by atoms with Crippen LogP contribution in [0.15, 0.2) is 72.8 Å². The van der Waals surface area contributed by atoms with Crippen molar-refractivity contribution in [3.05, 3.63) is 95.1 Å². The Hall–Kier alpha value is -3.80. The summed E-state index contributed by atoms with van der Waals surface area (Å²) >= 11 is 0. The van der Waals surface area contributed by atoms with Crippen LogP contribution in [-0.4, -0.2) is 72.1 Å². The van der Waals surface area contributed by atoms with Crippen molar-refractivity contribution in [3.63, 3.8) is 0 Å². The van der Waals surface area contributed by atoms with Crippen LogP contribution in [0.5, 0.6) is 0 Å². The van der Waals surface area contributed by atoms with E-state index in [0.717, 1.165) is 52.9 Å². The molecule has 5 rings (SSSR count). The molecule has 0 saturated carbocycles. The van der Waals surface area contributed by atoms with Gasteiger partial charge in [-0.05, 0) is 47.2 Å². The second-order valence-corrected chi connectivity index (χ2v) is 11.2. The lowest BCUT2D eigenvalue weighted by Crippen LogP contribution is -2.38. The highest BCUT2D eigenvalue weighted by Crippen LogP contribution is 2.39. The molecule has 2 saturated heterocycles. The standard InChI is InChI=1S/C34H41N3O7/c1-2-42-32(40)19-36-34(41)35-18-24-4-3-5-28(16-24)25-10-12-27(13-11-25)33-43-30(21-37-15-14-29(39)20-37)17-31(44-33)26-8-6-23(22-38)7-9-26/h3-13,16,29-31,33,38-39H,2,14-15,17-22H2,1H3,(H2,35,36,41). The lowest BCUT2D eigenvalue weighted by molar-refractivity contribution is -0.252. The van der Waals surface area contributed by atoms with E-state index in [4.69, 9.17) is 14.2 Å². The van der Waals surface area contributed by atoms with Crippen LogP contribution in [0.1, 0.15) is 54.4 Å². The molecule has 0 aliphatic carbocycles. The average molecular weight is 604 g/mol. The zero-order valence-electron chi connectivity index (χ0n) is 25.0. The third kappa shape index (κ3) is 8.64. The minimum Gasteiger partial charge on any atom is -0.465 e. The van der Waals surface area contributed by atoms with Crippen molar-refractivity contribution in [2.45, 2.75) is 57.5 Å². The Bertz CT molecular complexity index is 1380. The number of benzene rings is 3. The van der Waals surface area contributed by atoms with E-state index in [0.29, 0.717) is 19.5 Å². The Morgan fingerprint density at radius 2 is 1.73 bits per heavy atom. The highest BCUT2D eigenvalue weighted by molar-refractivity contribution is 5.80. The van der Waals surface area contributed by atoms with Crippen molar-refractivity contribution < 1.29 is 34.0 Å². The normalized spacial score (nSPS) is 22.0. The largest absolute Gasteiger partial charge is 0.465 e. The molecular weight excluding hydrogens is 562 g/mol. The van der Waals surface area contributed by atoms with Crippen LogP contribution in [-0.2, 0) is 32.2 Å². The fraction of sp³-hybridized carbons (Fsp3) is 0.412. The quantitative estimate of drug-likeness (QED) is 0.244. The van der Waals surface area contributed by atoms with Gasteiger partial charge in [-0.2, -0.15) is 0 Å². The average Bonchev–Trinajstić information content (AvgIpc) is 3.47. The predicted molar refractivity (Wildman–Crippen MR) is 164 cm³/mol. The molecule has 3 aromatic rings. The summed E-state index contributed by atoms with van der Waals surface area (Å²) in [7, 11) is 0. The Morgan fingerprint density at radius 1 is 0.955 bits per heavy atom. The zero-order valence-corrected chi connectivity index (χ0v) is 25.0. The van der Waals surface area contributed by atoms with E-state index in [1.165, 1.54) is 0 Å².